The summed E-state index contributed by atoms with van der Waals surface area (Å²) < 4.78 is 46.1. The quantitative estimate of drug-likeness (QED) is 0.677. The van der Waals surface area contributed by atoms with E-state index < -0.39 is 20.0 Å². The van der Waals surface area contributed by atoms with Gasteiger partial charge in [-0.2, -0.15) is 0 Å². The van der Waals surface area contributed by atoms with Crippen LogP contribution < -0.4 is 0 Å². The highest BCUT2D eigenvalue weighted by molar-refractivity contribution is 8.03. The van der Waals surface area contributed by atoms with Crippen molar-refractivity contribution in [2.75, 3.05) is 18.6 Å². The number of sulfonamides is 2. The molecule has 5 nitrogen and oxygen atoms in total. The summed E-state index contributed by atoms with van der Waals surface area (Å²) in [6.45, 7) is 3.38. The van der Waals surface area contributed by atoms with Crippen LogP contribution in [-0.4, -0.2) is 39.1 Å². The summed E-state index contributed by atoms with van der Waals surface area (Å²) in [5.41, 5.74) is 0. The van der Waals surface area contributed by atoms with Crippen molar-refractivity contribution in [3.63, 3.8) is 0 Å². The molecule has 0 bridgehead atoms. The Morgan fingerprint density at radius 2 is 1.14 bits per heavy atom. The average molecular weight is 243 g/mol. The van der Waals surface area contributed by atoms with Crippen molar-refractivity contribution >= 4 is 20.0 Å². The van der Waals surface area contributed by atoms with Crippen molar-refractivity contribution in [1.29, 1.82) is 0 Å². The smallest absolute Gasteiger partial charge is 0.211 e. The average Bonchev–Trinajstić information content (AvgIpc) is 2.02. The van der Waals surface area contributed by atoms with Crippen LogP contribution in [-0.2, 0) is 20.0 Å². The number of hydrogen-bond acceptors (Lipinski definition) is 4. The lowest BCUT2D eigenvalue weighted by atomic mass is 10.6. The van der Waals surface area contributed by atoms with Gasteiger partial charge in [0, 0.05) is 7.05 Å². The summed E-state index contributed by atoms with van der Waals surface area (Å²) in [6.07, 6.45) is 0.822. The third kappa shape index (κ3) is 3.55. The minimum Gasteiger partial charge on any atom is -0.211 e. The zero-order valence-corrected chi connectivity index (χ0v) is 10.4. The molecule has 0 aliphatic heterocycles. The summed E-state index contributed by atoms with van der Waals surface area (Å²) >= 11 is 0. The van der Waals surface area contributed by atoms with Crippen LogP contribution in [0.15, 0.2) is 0 Å². The molecule has 0 spiro atoms. The van der Waals surface area contributed by atoms with E-state index in [0.29, 0.717) is 16.6 Å². The van der Waals surface area contributed by atoms with E-state index in [1.54, 1.807) is 13.8 Å². The van der Waals surface area contributed by atoms with Crippen LogP contribution in [0.4, 0.5) is 0 Å². The molecule has 0 aromatic rings. The minimum atomic E-state index is -3.64. The van der Waals surface area contributed by atoms with E-state index in [2.05, 4.69) is 0 Å². The van der Waals surface area contributed by atoms with Crippen LogP contribution in [0.25, 0.3) is 0 Å². The van der Waals surface area contributed by atoms with Crippen molar-refractivity contribution in [3.8, 4) is 0 Å². The lowest BCUT2D eigenvalue weighted by Gasteiger charge is -2.16. The van der Waals surface area contributed by atoms with Gasteiger partial charge in [0.1, 0.15) is 0 Å². The Labute approximate surface area is 86.2 Å². The molecule has 0 aromatic carbocycles. The van der Waals surface area contributed by atoms with Gasteiger partial charge in [-0.15, -0.1) is 0 Å². The highest BCUT2D eigenvalue weighted by Crippen LogP contribution is 2.08. The van der Waals surface area contributed by atoms with Gasteiger partial charge >= 0.3 is 0 Å². The van der Waals surface area contributed by atoms with Gasteiger partial charge in [0.05, 0.1) is 11.5 Å². The Bertz CT molecular complexity index is 321. The first-order valence-corrected chi connectivity index (χ1v) is 7.69. The van der Waals surface area contributed by atoms with Gasteiger partial charge in [0.15, 0.2) is 0 Å². The van der Waals surface area contributed by atoms with Crippen LogP contribution in [0, 0.1) is 0 Å². The molecule has 0 rings (SSSR count). The molecule has 0 amide bonds. The highest BCUT2D eigenvalue weighted by Gasteiger charge is 2.27. The molecule has 0 radical (unpaired) electrons. The monoisotopic (exact) mass is 243 g/mol. The molecule has 14 heavy (non-hydrogen) atoms. The molecule has 0 aliphatic rings. The standard InChI is InChI=1S/C7H17NO4S2/c1-4-6-13(9,10)8(3)14(11,12)7-5-2/h4-7H2,1-3H3. The van der Waals surface area contributed by atoms with Gasteiger partial charge in [-0.25, -0.2) is 16.8 Å². The molecule has 0 N–H and O–H groups in total. The molecule has 0 aliphatic carbocycles. The summed E-state index contributed by atoms with van der Waals surface area (Å²) in [6, 6.07) is 0. The second kappa shape index (κ2) is 5.09. The van der Waals surface area contributed by atoms with Crippen molar-refractivity contribution < 1.29 is 16.8 Å². The first-order chi connectivity index (χ1) is 6.28. The van der Waals surface area contributed by atoms with Gasteiger partial charge in [-0.3, -0.25) is 0 Å². The first-order valence-electron chi connectivity index (χ1n) is 4.47. The van der Waals surface area contributed by atoms with E-state index in [1.807, 2.05) is 0 Å². The van der Waals surface area contributed by atoms with E-state index in [1.165, 1.54) is 0 Å². The molecule has 7 heteroatoms. The largest absolute Gasteiger partial charge is 0.226 e. The molecule has 0 fully saturated rings. The molecular formula is C7H17NO4S2. The third-order valence-corrected chi connectivity index (χ3v) is 6.49. The molecule has 86 valence electrons. The van der Waals surface area contributed by atoms with Crippen molar-refractivity contribution in [3.05, 3.63) is 0 Å². The van der Waals surface area contributed by atoms with Crippen LogP contribution in [0.1, 0.15) is 26.7 Å². The molecular weight excluding hydrogens is 226 g/mol. The maximum atomic E-state index is 11.4. The first kappa shape index (κ1) is 13.9. The normalized spacial score (nSPS) is 13.4. The van der Waals surface area contributed by atoms with Gasteiger partial charge in [0.25, 0.3) is 0 Å². The Balaban J connectivity index is 4.87. The zero-order chi connectivity index (χ0) is 11.4. The van der Waals surface area contributed by atoms with Crippen molar-refractivity contribution in [1.82, 2.24) is 3.71 Å². The third-order valence-electron chi connectivity index (χ3n) is 1.71. The fraction of sp³-hybridized carbons (Fsp3) is 1.00. The maximum absolute atomic E-state index is 11.4. The topological polar surface area (TPSA) is 71.5 Å². The maximum Gasteiger partial charge on any atom is 0.226 e. The molecule has 0 atom stereocenters. The predicted octanol–water partition coefficient (Wildman–Crippen LogP) is 0.398. The Morgan fingerprint density at radius 3 is 1.36 bits per heavy atom. The summed E-state index contributed by atoms with van der Waals surface area (Å²) in [4.78, 5) is 0. The molecule has 0 saturated carbocycles. The fourth-order valence-corrected chi connectivity index (χ4v) is 4.32. The van der Waals surface area contributed by atoms with Crippen molar-refractivity contribution in [2.45, 2.75) is 26.7 Å². The fourth-order valence-electron chi connectivity index (χ4n) is 0.946. The van der Waals surface area contributed by atoms with E-state index in [9.17, 15) is 16.8 Å². The second-order valence-electron chi connectivity index (χ2n) is 3.01. The molecule has 0 unspecified atom stereocenters. The number of nitrogens with zero attached hydrogens (tertiary/aromatic N) is 1. The van der Waals surface area contributed by atoms with Crippen LogP contribution in [0.3, 0.4) is 0 Å². The van der Waals surface area contributed by atoms with Gasteiger partial charge in [-0.05, 0) is 12.8 Å². The van der Waals surface area contributed by atoms with Gasteiger partial charge in [0.2, 0.25) is 20.0 Å². The minimum absolute atomic E-state index is 0.132. The number of hydrogen-bond donors (Lipinski definition) is 0. The Hall–Kier alpha value is -0.140. The van der Waals surface area contributed by atoms with E-state index in [-0.39, 0.29) is 11.5 Å². The predicted molar refractivity (Wildman–Crippen MR) is 55.9 cm³/mol. The summed E-state index contributed by atoms with van der Waals surface area (Å²) in [7, 11) is -6.20. The molecule has 0 heterocycles. The van der Waals surface area contributed by atoms with Crippen LogP contribution in [0.2, 0.25) is 0 Å². The number of rotatable bonds is 6. The van der Waals surface area contributed by atoms with Crippen LogP contribution >= 0.6 is 0 Å². The zero-order valence-electron chi connectivity index (χ0n) is 8.73. The highest BCUT2D eigenvalue weighted by atomic mass is 32.3. The lowest BCUT2D eigenvalue weighted by molar-refractivity contribution is 0.524. The van der Waals surface area contributed by atoms with Gasteiger partial charge in [-0.1, -0.05) is 17.6 Å². The SMILES string of the molecule is CCCS(=O)(=O)N(C)S(=O)(=O)CCC. The molecule has 0 aromatic heterocycles. The van der Waals surface area contributed by atoms with E-state index in [4.69, 9.17) is 0 Å². The Morgan fingerprint density at radius 1 is 0.857 bits per heavy atom. The van der Waals surface area contributed by atoms with Gasteiger partial charge < -0.3 is 0 Å². The van der Waals surface area contributed by atoms with E-state index >= 15 is 0 Å². The van der Waals surface area contributed by atoms with E-state index in [0.717, 1.165) is 7.05 Å². The lowest BCUT2D eigenvalue weighted by Crippen LogP contribution is -2.36. The van der Waals surface area contributed by atoms with Crippen molar-refractivity contribution in [2.24, 2.45) is 0 Å². The summed E-state index contributed by atoms with van der Waals surface area (Å²) in [5.74, 6) is -0.265. The summed E-state index contributed by atoms with van der Waals surface area (Å²) in [5, 5.41) is 0. The van der Waals surface area contributed by atoms with Crippen LogP contribution in [0.5, 0.6) is 0 Å². The second-order valence-corrected chi connectivity index (χ2v) is 7.48. The molecule has 0 saturated heterocycles. The Kier molecular flexibility index (Phi) is 5.03.